The van der Waals surface area contributed by atoms with Crippen molar-refractivity contribution in [1.82, 2.24) is 19.7 Å². The first kappa shape index (κ1) is 27.8. The number of likely N-dealkylation sites (N-methyl/N-ethyl adjacent to an activating group) is 1. The Morgan fingerprint density at radius 3 is 2.46 bits per heavy atom. The van der Waals surface area contributed by atoms with E-state index < -0.39 is 20.6 Å². The maximum absolute atomic E-state index is 13.9. The summed E-state index contributed by atoms with van der Waals surface area (Å²) < 4.78 is 30.3. The standard InChI is InChI=1S/C24H39N5O4S2/c1-4-6-8-10-16-33-21-14-12-20(13-15-21)25-22-18-28(3)19-29(22,30)23-26-27-24(34-23)35(31,32)17-11-9-7-5-2/h12-15,22,25H,4-11,16-19H2,1-3H3. The minimum atomic E-state index is -3.54. The quantitative estimate of drug-likeness (QED) is 0.197. The van der Waals surface area contributed by atoms with Crippen molar-refractivity contribution in [2.75, 3.05) is 37.9 Å². The van der Waals surface area contributed by atoms with Crippen molar-refractivity contribution >= 4 is 32.0 Å². The summed E-state index contributed by atoms with van der Waals surface area (Å²) in [6.45, 7) is 5.63. The molecule has 0 aliphatic carbocycles. The smallest absolute Gasteiger partial charge is 0.310 e. The number of aromatic nitrogens is 2. The van der Waals surface area contributed by atoms with Crippen LogP contribution in [0.3, 0.4) is 0 Å². The van der Waals surface area contributed by atoms with Crippen molar-refractivity contribution in [2.24, 2.45) is 0 Å². The molecule has 2 aromatic rings. The molecule has 0 saturated carbocycles. The van der Waals surface area contributed by atoms with E-state index in [2.05, 4.69) is 29.4 Å². The number of quaternary nitrogens is 1. The average molecular weight is 526 g/mol. The number of nitrogens with one attached hydrogen (secondary N) is 1. The molecular weight excluding hydrogens is 486 g/mol. The van der Waals surface area contributed by atoms with Crippen LogP contribution in [0.5, 0.6) is 5.75 Å². The highest BCUT2D eigenvalue weighted by atomic mass is 32.2. The molecule has 1 aromatic heterocycles. The third-order valence-corrected chi connectivity index (χ3v) is 9.43. The summed E-state index contributed by atoms with van der Waals surface area (Å²) >= 11 is 0.896. The fourth-order valence-corrected chi connectivity index (χ4v) is 6.70. The van der Waals surface area contributed by atoms with Gasteiger partial charge in [0.15, 0.2) is 6.17 Å². The second-order valence-electron chi connectivity index (χ2n) is 9.30. The number of hydroxylamine groups is 2. The molecule has 1 fully saturated rings. The Morgan fingerprint density at radius 2 is 1.77 bits per heavy atom. The molecule has 0 amide bonds. The zero-order valence-electron chi connectivity index (χ0n) is 21.1. The van der Waals surface area contributed by atoms with Crippen LogP contribution in [-0.4, -0.2) is 62.3 Å². The summed E-state index contributed by atoms with van der Waals surface area (Å²) in [7, 11) is -1.67. The number of unbranched alkanes of at least 4 members (excludes halogenated alkanes) is 6. The van der Waals surface area contributed by atoms with Crippen molar-refractivity contribution in [3.05, 3.63) is 29.5 Å². The lowest BCUT2D eigenvalue weighted by atomic mass is 10.2. The van der Waals surface area contributed by atoms with Gasteiger partial charge in [0.25, 0.3) is 0 Å². The van der Waals surface area contributed by atoms with Crippen LogP contribution < -0.4 is 14.7 Å². The van der Waals surface area contributed by atoms with Crippen LogP contribution in [0.1, 0.15) is 65.2 Å². The number of anilines is 1. The first-order chi connectivity index (χ1) is 16.8. The minimum Gasteiger partial charge on any atom is -0.623 e. The van der Waals surface area contributed by atoms with Gasteiger partial charge >= 0.3 is 5.13 Å². The van der Waals surface area contributed by atoms with Crippen LogP contribution in [0.2, 0.25) is 0 Å². The SMILES string of the molecule is CCCCCCOc1ccc(NC2CN(C)C[N+]2([O-])c2nnc(S(=O)(=O)CCCCCC)s2)cc1. The molecule has 0 spiro atoms. The lowest BCUT2D eigenvalue weighted by Crippen LogP contribution is -2.52. The Morgan fingerprint density at radius 1 is 1.09 bits per heavy atom. The Kier molecular flexibility index (Phi) is 10.3. The van der Waals surface area contributed by atoms with E-state index in [1.807, 2.05) is 36.2 Å². The molecule has 2 heterocycles. The van der Waals surface area contributed by atoms with E-state index in [9.17, 15) is 13.6 Å². The second kappa shape index (κ2) is 13.0. The minimum absolute atomic E-state index is 0.0368. The molecule has 0 bridgehead atoms. The van der Waals surface area contributed by atoms with E-state index in [4.69, 9.17) is 4.74 Å². The number of hydrogen-bond donors (Lipinski definition) is 1. The van der Waals surface area contributed by atoms with Gasteiger partial charge in [-0.2, -0.15) is 0 Å². The van der Waals surface area contributed by atoms with E-state index in [0.29, 0.717) is 19.6 Å². The molecule has 35 heavy (non-hydrogen) atoms. The van der Waals surface area contributed by atoms with Gasteiger partial charge in [-0.1, -0.05) is 57.5 Å². The number of benzene rings is 1. The summed E-state index contributed by atoms with van der Waals surface area (Å²) in [4.78, 5) is 1.92. The molecule has 1 saturated heterocycles. The van der Waals surface area contributed by atoms with E-state index in [-0.39, 0.29) is 21.9 Å². The van der Waals surface area contributed by atoms with Gasteiger partial charge in [-0.3, -0.25) is 9.55 Å². The maximum atomic E-state index is 13.9. The number of nitrogens with zero attached hydrogens (tertiary/aromatic N) is 4. The summed E-state index contributed by atoms with van der Waals surface area (Å²) in [5, 5.41) is 25.3. The average Bonchev–Trinajstić information content (AvgIpc) is 3.44. The molecule has 0 radical (unpaired) electrons. The third kappa shape index (κ3) is 7.60. The zero-order chi connectivity index (χ0) is 25.3. The molecule has 1 N–H and O–H groups in total. The largest absolute Gasteiger partial charge is 0.623 e. The van der Waals surface area contributed by atoms with Crippen LogP contribution >= 0.6 is 11.3 Å². The normalized spacial score (nSPS) is 20.9. The number of rotatable bonds is 15. The highest BCUT2D eigenvalue weighted by Crippen LogP contribution is 2.35. The number of hydrogen-bond acceptors (Lipinski definition) is 9. The van der Waals surface area contributed by atoms with E-state index in [1.165, 1.54) is 19.3 Å². The van der Waals surface area contributed by atoms with Crippen molar-refractivity contribution in [3.8, 4) is 5.75 Å². The van der Waals surface area contributed by atoms with Crippen LogP contribution in [0.25, 0.3) is 0 Å². The fraction of sp³-hybridized carbons (Fsp3) is 0.667. The maximum Gasteiger partial charge on any atom is 0.310 e. The van der Waals surface area contributed by atoms with Crippen LogP contribution in [0.4, 0.5) is 10.8 Å². The Balaban J connectivity index is 1.64. The Bertz CT molecular complexity index is 1020. The van der Waals surface area contributed by atoms with Crippen LogP contribution in [0, 0.1) is 5.21 Å². The Labute approximate surface area is 213 Å². The lowest BCUT2D eigenvalue weighted by molar-refractivity contribution is 0.305. The second-order valence-corrected chi connectivity index (χ2v) is 12.5. The molecule has 11 heteroatoms. The van der Waals surface area contributed by atoms with Gasteiger partial charge in [0.1, 0.15) is 12.4 Å². The summed E-state index contributed by atoms with van der Waals surface area (Å²) in [6.07, 6.45) is 7.59. The predicted octanol–water partition coefficient (Wildman–Crippen LogP) is 5.00. The molecular formula is C24H39N5O4S2. The van der Waals surface area contributed by atoms with Gasteiger partial charge in [0.05, 0.1) is 18.9 Å². The van der Waals surface area contributed by atoms with E-state index in [1.54, 1.807) is 0 Å². The van der Waals surface area contributed by atoms with E-state index in [0.717, 1.165) is 48.5 Å². The fourth-order valence-electron chi connectivity index (χ4n) is 4.13. The van der Waals surface area contributed by atoms with Crippen molar-refractivity contribution in [2.45, 2.75) is 75.7 Å². The van der Waals surface area contributed by atoms with Gasteiger partial charge in [0.2, 0.25) is 14.2 Å². The molecule has 2 atom stereocenters. The first-order valence-corrected chi connectivity index (χ1v) is 15.1. The summed E-state index contributed by atoms with van der Waals surface area (Å²) in [6, 6.07) is 7.59. The van der Waals surface area contributed by atoms with Crippen molar-refractivity contribution in [3.63, 3.8) is 0 Å². The molecule has 9 nitrogen and oxygen atoms in total. The third-order valence-electron chi connectivity index (χ3n) is 6.15. The molecule has 1 aromatic carbocycles. The highest BCUT2D eigenvalue weighted by molar-refractivity contribution is 7.93. The van der Waals surface area contributed by atoms with Gasteiger partial charge in [0, 0.05) is 5.69 Å². The zero-order valence-corrected chi connectivity index (χ0v) is 22.7. The molecule has 1 aliphatic rings. The van der Waals surface area contributed by atoms with Crippen LogP contribution in [-0.2, 0) is 9.84 Å². The van der Waals surface area contributed by atoms with Gasteiger partial charge in [-0.25, -0.2) is 8.42 Å². The van der Waals surface area contributed by atoms with Gasteiger partial charge in [-0.15, -0.1) is 5.10 Å². The Hall–Kier alpha value is -1.79. The number of ether oxygens (including phenoxy) is 1. The van der Waals surface area contributed by atoms with Gasteiger partial charge in [-0.05, 0) is 55.5 Å². The lowest BCUT2D eigenvalue weighted by Gasteiger charge is -2.39. The van der Waals surface area contributed by atoms with Crippen LogP contribution in [0.15, 0.2) is 28.6 Å². The topological polar surface area (TPSA) is 107 Å². The summed E-state index contributed by atoms with van der Waals surface area (Å²) in [5.41, 5.74) is 0.801. The molecule has 2 unspecified atom stereocenters. The number of sulfone groups is 1. The first-order valence-electron chi connectivity index (χ1n) is 12.6. The molecule has 196 valence electrons. The van der Waals surface area contributed by atoms with Gasteiger partial charge < -0.3 is 15.3 Å². The molecule has 1 aliphatic heterocycles. The highest BCUT2D eigenvalue weighted by Gasteiger charge is 2.43. The summed E-state index contributed by atoms with van der Waals surface area (Å²) in [5.74, 6) is 0.839. The van der Waals surface area contributed by atoms with Crippen molar-refractivity contribution < 1.29 is 13.2 Å². The van der Waals surface area contributed by atoms with E-state index >= 15 is 0 Å². The molecule has 3 rings (SSSR count). The monoisotopic (exact) mass is 525 g/mol. The predicted molar refractivity (Wildman–Crippen MR) is 142 cm³/mol. The van der Waals surface area contributed by atoms with Crippen molar-refractivity contribution in [1.29, 1.82) is 0 Å².